The van der Waals surface area contributed by atoms with Crippen LogP contribution in [-0.2, 0) is 13.0 Å². The first-order valence-corrected chi connectivity index (χ1v) is 11.4. The summed E-state index contributed by atoms with van der Waals surface area (Å²) in [6.07, 6.45) is -0.736. The number of alkyl halides is 4. The summed E-state index contributed by atoms with van der Waals surface area (Å²) in [5.74, 6) is -3.15. The number of anilines is 1. The molecule has 36 heavy (non-hydrogen) atoms. The smallest absolute Gasteiger partial charge is 0.322 e. The molecule has 3 nitrogen and oxygen atoms in total. The first-order chi connectivity index (χ1) is 17.1. The second-order valence-corrected chi connectivity index (χ2v) is 6.49. The van der Waals surface area contributed by atoms with Crippen molar-refractivity contribution in [1.82, 2.24) is 4.57 Å². The maximum Gasteiger partial charge on any atom is 0.418 e. The van der Waals surface area contributed by atoms with Gasteiger partial charge in [-0.3, -0.25) is 4.79 Å². The van der Waals surface area contributed by atoms with E-state index in [4.69, 9.17) is 0 Å². The Morgan fingerprint density at radius 3 is 1.89 bits per heavy atom. The quantitative estimate of drug-likeness (QED) is 0.267. The molecule has 0 radical (unpaired) electrons. The summed E-state index contributed by atoms with van der Waals surface area (Å²) < 4.78 is 80.6. The number of rotatable bonds is 5. The number of nitrogens with zero attached hydrogens (tertiary/aromatic N) is 1. The van der Waals surface area contributed by atoms with Crippen LogP contribution in [0.4, 0.5) is 32.0 Å². The van der Waals surface area contributed by atoms with Crippen molar-refractivity contribution in [3.63, 3.8) is 0 Å². The van der Waals surface area contributed by atoms with Crippen molar-refractivity contribution in [3.8, 4) is 11.3 Å². The lowest BCUT2D eigenvalue weighted by Crippen LogP contribution is -2.15. The molecular formula is C27H32F6N2O. The first kappa shape index (κ1) is 32.5. The van der Waals surface area contributed by atoms with Crippen LogP contribution in [0.25, 0.3) is 11.3 Å². The van der Waals surface area contributed by atoms with Gasteiger partial charge in [0.25, 0.3) is 5.91 Å². The molecule has 2 aromatic carbocycles. The maximum atomic E-state index is 13.6. The fourth-order valence-electron chi connectivity index (χ4n) is 2.74. The molecule has 0 saturated heterocycles. The van der Waals surface area contributed by atoms with E-state index in [1.807, 2.05) is 33.8 Å². The third kappa shape index (κ3) is 8.94. The second kappa shape index (κ2) is 16.2. The van der Waals surface area contributed by atoms with E-state index in [1.54, 1.807) is 0 Å². The molecule has 1 heterocycles. The highest BCUT2D eigenvalue weighted by atomic mass is 19.4. The minimum atomic E-state index is -4.68. The predicted octanol–water partition coefficient (Wildman–Crippen LogP) is 9.27. The highest BCUT2D eigenvalue weighted by Crippen LogP contribution is 2.38. The number of allylic oxidation sites excluding steroid dienone is 1. The van der Waals surface area contributed by atoms with Gasteiger partial charge in [0.15, 0.2) is 6.80 Å². The van der Waals surface area contributed by atoms with Crippen molar-refractivity contribution in [2.24, 2.45) is 0 Å². The SMILES string of the molecule is C=CCC.CC.CC.O=C(Nc1ccc(-c2c(C(F)(F)F)ccn2CF)cc1)c1c(F)cccc1F. The van der Waals surface area contributed by atoms with Gasteiger partial charge in [-0.25, -0.2) is 13.2 Å². The molecule has 198 valence electrons. The molecule has 3 aromatic rings. The van der Waals surface area contributed by atoms with Crippen LogP contribution in [0.3, 0.4) is 0 Å². The number of benzene rings is 2. The summed E-state index contributed by atoms with van der Waals surface area (Å²) in [6, 6.07) is 8.70. The molecule has 0 aliphatic rings. The Morgan fingerprint density at radius 2 is 1.47 bits per heavy atom. The predicted molar refractivity (Wildman–Crippen MR) is 133 cm³/mol. The van der Waals surface area contributed by atoms with E-state index >= 15 is 0 Å². The van der Waals surface area contributed by atoms with Gasteiger partial charge in [0.1, 0.15) is 17.2 Å². The van der Waals surface area contributed by atoms with Crippen molar-refractivity contribution in [2.45, 2.75) is 54.0 Å². The van der Waals surface area contributed by atoms with Crippen LogP contribution in [0, 0.1) is 11.6 Å². The normalized spacial score (nSPS) is 9.97. The Kier molecular flexibility index (Phi) is 14.7. The number of hydrogen-bond acceptors (Lipinski definition) is 1. The molecule has 0 bridgehead atoms. The Morgan fingerprint density at radius 1 is 0.972 bits per heavy atom. The molecule has 1 N–H and O–H groups in total. The van der Waals surface area contributed by atoms with Crippen LogP contribution >= 0.6 is 0 Å². The van der Waals surface area contributed by atoms with Gasteiger partial charge in [-0.05, 0) is 42.3 Å². The number of halogens is 6. The summed E-state index contributed by atoms with van der Waals surface area (Å²) in [6.45, 7) is 12.4. The summed E-state index contributed by atoms with van der Waals surface area (Å²) in [5.41, 5.74) is -1.99. The summed E-state index contributed by atoms with van der Waals surface area (Å²) in [5, 5.41) is 2.26. The summed E-state index contributed by atoms with van der Waals surface area (Å²) >= 11 is 0. The lowest BCUT2D eigenvalue weighted by atomic mass is 10.1. The van der Waals surface area contributed by atoms with E-state index < -0.39 is 41.6 Å². The molecule has 0 spiro atoms. The zero-order valence-corrected chi connectivity index (χ0v) is 21.0. The third-order valence-corrected chi connectivity index (χ3v) is 4.29. The lowest BCUT2D eigenvalue weighted by molar-refractivity contribution is -0.137. The van der Waals surface area contributed by atoms with Crippen molar-refractivity contribution < 1.29 is 31.1 Å². The number of hydrogen-bond donors (Lipinski definition) is 1. The Hall–Kier alpha value is -3.49. The first-order valence-electron chi connectivity index (χ1n) is 11.4. The van der Waals surface area contributed by atoms with Gasteiger partial charge < -0.3 is 9.88 Å². The lowest BCUT2D eigenvalue weighted by Gasteiger charge is -2.12. The van der Waals surface area contributed by atoms with Crippen molar-refractivity contribution in [3.05, 3.63) is 90.1 Å². The second-order valence-electron chi connectivity index (χ2n) is 6.49. The summed E-state index contributed by atoms with van der Waals surface area (Å²) in [4.78, 5) is 12.1. The van der Waals surface area contributed by atoms with Gasteiger partial charge in [-0.15, -0.1) is 6.58 Å². The van der Waals surface area contributed by atoms with Crippen LogP contribution in [0.1, 0.15) is 57.0 Å². The topological polar surface area (TPSA) is 34.0 Å². The molecular weight excluding hydrogens is 482 g/mol. The third-order valence-electron chi connectivity index (χ3n) is 4.29. The number of carbonyl (C=O) groups is 1. The molecule has 0 aliphatic heterocycles. The minimum absolute atomic E-state index is 0.0602. The van der Waals surface area contributed by atoms with Gasteiger partial charge in [-0.1, -0.05) is 58.9 Å². The monoisotopic (exact) mass is 514 g/mol. The Balaban J connectivity index is 0.00000137. The van der Waals surface area contributed by atoms with E-state index in [1.165, 1.54) is 24.3 Å². The zero-order valence-electron chi connectivity index (χ0n) is 21.0. The molecule has 0 aliphatic carbocycles. The largest absolute Gasteiger partial charge is 0.418 e. The Labute approximate surface area is 208 Å². The van der Waals surface area contributed by atoms with E-state index in [0.717, 1.165) is 41.5 Å². The number of amides is 1. The van der Waals surface area contributed by atoms with Crippen molar-refractivity contribution >= 4 is 11.6 Å². The summed E-state index contributed by atoms with van der Waals surface area (Å²) in [7, 11) is 0. The molecule has 1 aromatic heterocycles. The number of carbonyl (C=O) groups excluding carboxylic acids is 1. The van der Waals surface area contributed by atoms with E-state index in [2.05, 4.69) is 18.8 Å². The molecule has 0 unspecified atom stereocenters. The fraction of sp³-hybridized carbons (Fsp3) is 0.296. The van der Waals surface area contributed by atoms with Crippen molar-refractivity contribution in [2.75, 3.05) is 5.32 Å². The van der Waals surface area contributed by atoms with Gasteiger partial charge in [0.2, 0.25) is 0 Å². The molecule has 0 fully saturated rings. The van der Waals surface area contributed by atoms with Crippen molar-refractivity contribution in [1.29, 1.82) is 0 Å². The number of aromatic nitrogens is 1. The maximum absolute atomic E-state index is 13.6. The van der Waals surface area contributed by atoms with Crippen LogP contribution in [0.2, 0.25) is 0 Å². The average Bonchev–Trinajstić information content (AvgIpc) is 3.32. The van der Waals surface area contributed by atoms with Crippen LogP contribution < -0.4 is 5.32 Å². The van der Waals surface area contributed by atoms with Gasteiger partial charge in [0.05, 0.1) is 11.3 Å². The average molecular weight is 515 g/mol. The zero-order chi connectivity index (χ0) is 27.9. The van der Waals surface area contributed by atoms with Gasteiger partial charge in [0, 0.05) is 11.9 Å². The molecule has 1 amide bonds. The highest BCUT2D eigenvalue weighted by molar-refractivity contribution is 6.04. The van der Waals surface area contributed by atoms with Gasteiger partial charge >= 0.3 is 6.18 Å². The van der Waals surface area contributed by atoms with Crippen LogP contribution in [-0.4, -0.2) is 10.5 Å². The number of nitrogens with one attached hydrogen (secondary N) is 1. The fourth-order valence-corrected chi connectivity index (χ4v) is 2.74. The molecule has 0 saturated carbocycles. The van der Waals surface area contributed by atoms with Crippen LogP contribution in [0.5, 0.6) is 0 Å². The van der Waals surface area contributed by atoms with Crippen LogP contribution in [0.15, 0.2) is 67.4 Å². The standard InChI is InChI=1S/C19H12F6N2O.C4H8.2C2H6/c20-10-27-9-8-13(19(23,24)25)17(27)11-4-6-12(7-5-11)26-18(28)16-14(21)2-1-3-15(16)22;1-3-4-2;2*1-2/h1-9H,10H2,(H,26,28);3H,1,4H2,2H3;2*1-2H3. The van der Waals surface area contributed by atoms with E-state index in [9.17, 15) is 31.1 Å². The van der Waals surface area contributed by atoms with E-state index in [-0.39, 0.29) is 16.9 Å². The minimum Gasteiger partial charge on any atom is -0.322 e. The van der Waals surface area contributed by atoms with E-state index in [0.29, 0.717) is 0 Å². The molecule has 0 atom stereocenters. The molecule has 3 rings (SSSR count). The molecule has 9 heteroatoms. The highest BCUT2D eigenvalue weighted by Gasteiger charge is 2.35. The Bertz CT molecular complexity index is 1050. The van der Waals surface area contributed by atoms with Gasteiger partial charge in [-0.2, -0.15) is 13.2 Å².